The van der Waals surface area contributed by atoms with E-state index < -0.39 is 0 Å². The number of carbonyl (C=O) groups is 1. The average Bonchev–Trinajstić information content (AvgIpc) is 2.92. The molecule has 24 heavy (non-hydrogen) atoms. The summed E-state index contributed by atoms with van der Waals surface area (Å²) >= 11 is 0. The first-order chi connectivity index (χ1) is 11.6. The van der Waals surface area contributed by atoms with Gasteiger partial charge in [0.2, 0.25) is 0 Å². The van der Waals surface area contributed by atoms with E-state index in [9.17, 15) is 4.79 Å². The molecule has 1 aliphatic heterocycles. The number of ether oxygens (including phenoxy) is 2. The Kier molecular flexibility index (Phi) is 4.74. The predicted octanol–water partition coefficient (Wildman–Crippen LogP) is 3.65. The Bertz CT molecular complexity index is 755. The van der Waals surface area contributed by atoms with Crippen LogP contribution in [0.15, 0.2) is 36.4 Å². The monoisotopic (exact) mass is 325 g/mol. The molecule has 1 aliphatic rings. The van der Waals surface area contributed by atoms with Crippen molar-refractivity contribution in [3.05, 3.63) is 58.7 Å². The van der Waals surface area contributed by atoms with Gasteiger partial charge in [-0.3, -0.25) is 4.79 Å². The van der Waals surface area contributed by atoms with E-state index in [1.54, 1.807) is 0 Å². The summed E-state index contributed by atoms with van der Waals surface area (Å²) in [5.41, 5.74) is 3.76. The van der Waals surface area contributed by atoms with E-state index >= 15 is 0 Å². The van der Waals surface area contributed by atoms with Gasteiger partial charge >= 0.3 is 0 Å². The molecule has 126 valence electrons. The van der Waals surface area contributed by atoms with Crippen LogP contribution in [0.3, 0.4) is 0 Å². The van der Waals surface area contributed by atoms with Crippen molar-refractivity contribution in [3.63, 3.8) is 0 Å². The molecule has 1 heterocycles. The minimum absolute atomic E-state index is 0.0784. The lowest BCUT2D eigenvalue weighted by atomic mass is 10.1. The molecule has 4 nitrogen and oxygen atoms in total. The van der Waals surface area contributed by atoms with Gasteiger partial charge in [0.25, 0.3) is 5.91 Å². The van der Waals surface area contributed by atoms with E-state index in [1.807, 2.05) is 50.2 Å². The van der Waals surface area contributed by atoms with Gasteiger partial charge in [-0.25, -0.2) is 0 Å². The molecular weight excluding hydrogens is 302 g/mol. The fourth-order valence-electron chi connectivity index (χ4n) is 3.01. The van der Waals surface area contributed by atoms with Crippen LogP contribution in [-0.2, 0) is 13.0 Å². The zero-order chi connectivity index (χ0) is 17.1. The fourth-order valence-corrected chi connectivity index (χ4v) is 3.01. The highest BCUT2D eigenvalue weighted by Crippen LogP contribution is 2.35. The first-order valence-electron chi connectivity index (χ1n) is 8.37. The maximum Gasteiger partial charge on any atom is 0.251 e. The molecule has 1 amide bonds. The number of amides is 1. The van der Waals surface area contributed by atoms with Gasteiger partial charge < -0.3 is 14.8 Å². The van der Waals surface area contributed by atoms with Gasteiger partial charge in [0, 0.05) is 29.7 Å². The third kappa shape index (κ3) is 3.37. The zero-order valence-electron chi connectivity index (χ0n) is 14.4. The SMILES string of the molecule is CCOc1cc2c(cc1CNC(=O)c1ccccc1C)O[C@H](C)C2. The molecule has 0 saturated carbocycles. The summed E-state index contributed by atoms with van der Waals surface area (Å²) in [4.78, 5) is 12.4. The Morgan fingerprint density at radius 3 is 2.88 bits per heavy atom. The Hall–Kier alpha value is -2.49. The molecule has 0 fully saturated rings. The minimum Gasteiger partial charge on any atom is -0.494 e. The van der Waals surface area contributed by atoms with Crippen molar-refractivity contribution in [1.82, 2.24) is 5.32 Å². The number of carbonyl (C=O) groups excluding carboxylic acids is 1. The van der Waals surface area contributed by atoms with Crippen LogP contribution in [0, 0.1) is 6.92 Å². The number of rotatable bonds is 5. The molecule has 0 unspecified atom stereocenters. The standard InChI is InChI=1S/C20H23NO3/c1-4-23-18-10-15-9-14(3)24-19(15)11-16(18)12-21-20(22)17-8-6-5-7-13(17)2/h5-8,10-11,14H,4,9,12H2,1-3H3,(H,21,22)/t14-/m1/s1. The summed E-state index contributed by atoms with van der Waals surface area (Å²) in [6.45, 7) is 6.95. The van der Waals surface area contributed by atoms with Crippen LogP contribution >= 0.6 is 0 Å². The van der Waals surface area contributed by atoms with E-state index in [2.05, 4.69) is 12.2 Å². The normalized spacial score (nSPS) is 15.5. The van der Waals surface area contributed by atoms with Gasteiger partial charge in [-0.1, -0.05) is 18.2 Å². The Morgan fingerprint density at radius 1 is 1.33 bits per heavy atom. The quantitative estimate of drug-likeness (QED) is 0.913. The molecule has 0 bridgehead atoms. The van der Waals surface area contributed by atoms with Gasteiger partial charge in [-0.15, -0.1) is 0 Å². The van der Waals surface area contributed by atoms with Gasteiger partial charge in [0.1, 0.15) is 17.6 Å². The summed E-state index contributed by atoms with van der Waals surface area (Å²) in [6, 6.07) is 11.6. The van der Waals surface area contributed by atoms with Crippen LogP contribution in [0.5, 0.6) is 11.5 Å². The van der Waals surface area contributed by atoms with Gasteiger partial charge in [0.15, 0.2) is 0 Å². The third-order valence-corrected chi connectivity index (χ3v) is 4.21. The summed E-state index contributed by atoms with van der Waals surface area (Å²) < 4.78 is 11.6. The highest BCUT2D eigenvalue weighted by Gasteiger charge is 2.22. The molecule has 0 aliphatic carbocycles. The second-order valence-corrected chi connectivity index (χ2v) is 6.13. The number of benzene rings is 2. The summed E-state index contributed by atoms with van der Waals surface area (Å²) in [6.07, 6.45) is 1.08. The molecule has 2 aromatic carbocycles. The Balaban J connectivity index is 1.78. The molecule has 0 aromatic heterocycles. The smallest absolute Gasteiger partial charge is 0.251 e. The average molecular weight is 325 g/mol. The van der Waals surface area contributed by atoms with E-state index in [0.29, 0.717) is 18.7 Å². The minimum atomic E-state index is -0.0784. The first-order valence-corrected chi connectivity index (χ1v) is 8.37. The van der Waals surface area contributed by atoms with Crippen molar-refractivity contribution in [3.8, 4) is 11.5 Å². The fraction of sp³-hybridized carbons (Fsp3) is 0.350. The van der Waals surface area contributed by atoms with Crippen LogP contribution in [0.25, 0.3) is 0 Å². The van der Waals surface area contributed by atoms with Gasteiger partial charge in [0.05, 0.1) is 6.61 Å². The van der Waals surface area contributed by atoms with Crippen molar-refractivity contribution in [2.24, 2.45) is 0 Å². The van der Waals surface area contributed by atoms with Crippen molar-refractivity contribution in [1.29, 1.82) is 0 Å². The largest absolute Gasteiger partial charge is 0.494 e. The highest BCUT2D eigenvalue weighted by molar-refractivity contribution is 5.95. The van der Waals surface area contributed by atoms with Crippen LogP contribution < -0.4 is 14.8 Å². The second kappa shape index (κ2) is 6.95. The topological polar surface area (TPSA) is 47.6 Å². The number of fused-ring (bicyclic) bond motifs is 1. The zero-order valence-corrected chi connectivity index (χ0v) is 14.4. The molecule has 0 spiro atoms. The molecule has 0 saturated heterocycles. The van der Waals surface area contributed by atoms with Crippen LogP contribution in [0.2, 0.25) is 0 Å². The van der Waals surface area contributed by atoms with Gasteiger partial charge in [-0.2, -0.15) is 0 Å². The first kappa shape index (κ1) is 16.4. The Morgan fingerprint density at radius 2 is 2.12 bits per heavy atom. The lowest BCUT2D eigenvalue weighted by Gasteiger charge is -2.14. The van der Waals surface area contributed by atoms with E-state index in [4.69, 9.17) is 9.47 Å². The molecule has 1 N–H and O–H groups in total. The maximum absolute atomic E-state index is 12.4. The molecule has 4 heteroatoms. The van der Waals surface area contributed by atoms with Crippen LogP contribution in [-0.4, -0.2) is 18.6 Å². The molecule has 2 aromatic rings. The van der Waals surface area contributed by atoms with E-state index in [-0.39, 0.29) is 12.0 Å². The number of hydrogen-bond acceptors (Lipinski definition) is 3. The maximum atomic E-state index is 12.4. The predicted molar refractivity (Wildman–Crippen MR) is 93.8 cm³/mol. The Labute approximate surface area is 142 Å². The molecule has 1 atom stereocenters. The molecule has 0 radical (unpaired) electrons. The van der Waals surface area contributed by atoms with Crippen molar-refractivity contribution in [2.75, 3.05) is 6.61 Å². The summed E-state index contributed by atoms with van der Waals surface area (Å²) in [7, 11) is 0. The number of hydrogen-bond donors (Lipinski definition) is 1. The van der Waals surface area contributed by atoms with Crippen molar-refractivity contribution >= 4 is 5.91 Å². The summed E-state index contributed by atoms with van der Waals surface area (Å²) in [5.74, 6) is 1.63. The lowest BCUT2D eigenvalue weighted by molar-refractivity contribution is 0.0950. The summed E-state index contributed by atoms with van der Waals surface area (Å²) in [5, 5.41) is 2.98. The molecule has 3 rings (SSSR count). The van der Waals surface area contributed by atoms with E-state index in [1.165, 1.54) is 5.56 Å². The van der Waals surface area contributed by atoms with Crippen molar-refractivity contribution < 1.29 is 14.3 Å². The van der Waals surface area contributed by atoms with Crippen LogP contribution in [0.4, 0.5) is 0 Å². The van der Waals surface area contributed by atoms with Gasteiger partial charge in [-0.05, 0) is 44.5 Å². The van der Waals surface area contributed by atoms with Crippen molar-refractivity contribution in [2.45, 2.75) is 39.8 Å². The number of nitrogens with one attached hydrogen (secondary N) is 1. The van der Waals surface area contributed by atoms with Crippen LogP contribution in [0.1, 0.15) is 40.9 Å². The third-order valence-electron chi connectivity index (χ3n) is 4.21. The highest BCUT2D eigenvalue weighted by atomic mass is 16.5. The molecular formula is C20H23NO3. The number of aryl methyl sites for hydroxylation is 1. The second-order valence-electron chi connectivity index (χ2n) is 6.13. The van der Waals surface area contributed by atoms with E-state index in [0.717, 1.165) is 29.0 Å². The lowest BCUT2D eigenvalue weighted by Crippen LogP contribution is -2.24.